The quantitative estimate of drug-likeness (QED) is 0.844. The van der Waals surface area contributed by atoms with Crippen molar-refractivity contribution in [3.05, 3.63) is 23.3 Å². The molecule has 0 radical (unpaired) electrons. The molecule has 1 aliphatic heterocycles. The van der Waals surface area contributed by atoms with Gasteiger partial charge >= 0.3 is 0 Å². The molecule has 0 saturated heterocycles. The molecule has 3 rings (SSSR count). The van der Waals surface area contributed by atoms with E-state index < -0.39 is 0 Å². The van der Waals surface area contributed by atoms with Crippen LogP contribution in [0, 0.1) is 0 Å². The zero-order valence-electron chi connectivity index (χ0n) is 10.5. The summed E-state index contributed by atoms with van der Waals surface area (Å²) in [4.78, 5) is 4.15. The minimum atomic E-state index is -0.288. The number of amidine groups is 1. The fourth-order valence-corrected chi connectivity index (χ4v) is 2.74. The zero-order chi connectivity index (χ0) is 12.8. The van der Waals surface area contributed by atoms with Gasteiger partial charge in [-0.1, -0.05) is 0 Å². The SMILES string of the molecule is COc1cc2c(cc1OC)CC1(CN=C(N)O1)C2. The smallest absolute Gasteiger partial charge is 0.282 e. The molecule has 0 saturated carbocycles. The van der Waals surface area contributed by atoms with Crippen molar-refractivity contribution in [2.24, 2.45) is 10.7 Å². The lowest BCUT2D eigenvalue weighted by molar-refractivity contribution is 0.0976. The van der Waals surface area contributed by atoms with Crippen molar-refractivity contribution < 1.29 is 14.2 Å². The van der Waals surface area contributed by atoms with Crippen molar-refractivity contribution in [3.8, 4) is 11.5 Å². The summed E-state index contributed by atoms with van der Waals surface area (Å²) in [6, 6.07) is 4.32. The average Bonchev–Trinajstić information content (AvgIpc) is 2.89. The molecule has 1 aliphatic carbocycles. The lowest BCUT2D eigenvalue weighted by Gasteiger charge is -2.21. The summed E-state index contributed by atoms with van der Waals surface area (Å²) in [5, 5.41) is 0. The molecule has 0 fully saturated rings. The van der Waals surface area contributed by atoms with Crippen LogP contribution in [0.2, 0.25) is 0 Å². The normalized spacial score (nSPS) is 19.3. The highest BCUT2D eigenvalue weighted by Crippen LogP contribution is 2.40. The largest absolute Gasteiger partial charge is 0.493 e. The van der Waals surface area contributed by atoms with Gasteiger partial charge in [0.05, 0.1) is 20.8 Å². The van der Waals surface area contributed by atoms with Crippen LogP contribution in [0.1, 0.15) is 11.1 Å². The Labute approximate surface area is 106 Å². The van der Waals surface area contributed by atoms with E-state index in [0.29, 0.717) is 12.6 Å². The molecule has 1 aromatic rings. The third-order valence-corrected chi connectivity index (χ3v) is 3.58. The van der Waals surface area contributed by atoms with Crippen LogP contribution in [-0.4, -0.2) is 32.4 Å². The standard InChI is InChI=1S/C13H16N2O3/c1-16-10-3-8-5-13(7-15-12(14)18-13)6-9(8)4-11(10)17-2/h3-4H,5-7H2,1-2H3,(H2,14,15). The first kappa shape index (κ1) is 11.2. The Kier molecular flexibility index (Phi) is 2.36. The molecule has 0 amide bonds. The van der Waals surface area contributed by atoms with Crippen LogP contribution in [-0.2, 0) is 17.6 Å². The van der Waals surface area contributed by atoms with E-state index in [1.807, 2.05) is 12.1 Å². The van der Waals surface area contributed by atoms with Gasteiger partial charge in [-0.15, -0.1) is 0 Å². The molecular weight excluding hydrogens is 232 g/mol. The number of nitrogens with two attached hydrogens (primary N) is 1. The predicted octanol–water partition coefficient (Wildman–Crippen LogP) is 0.886. The van der Waals surface area contributed by atoms with Crippen LogP contribution in [0.5, 0.6) is 11.5 Å². The number of aliphatic imine (C=N–C) groups is 1. The minimum absolute atomic E-state index is 0.288. The Hall–Kier alpha value is -1.91. The maximum atomic E-state index is 5.69. The summed E-state index contributed by atoms with van der Waals surface area (Å²) in [5.74, 6) is 1.50. The van der Waals surface area contributed by atoms with E-state index in [0.717, 1.165) is 24.3 Å². The highest BCUT2D eigenvalue weighted by atomic mass is 16.5. The van der Waals surface area contributed by atoms with Crippen molar-refractivity contribution in [2.75, 3.05) is 20.8 Å². The lowest BCUT2D eigenvalue weighted by Crippen LogP contribution is -2.35. The second kappa shape index (κ2) is 3.80. The van der Waals surface area contributed by atoms with Crippen LogP contribution in [0.4, 0.5) is 0 Å². The van der Waals surface area contributed by atoms with Crippen molar-refractivity contribution in [2.45, 2.75) is 18.4 Å². The average molecular weight is 248 g/mol. The molecule has 0 bridgehead atoms. The summed E-state index contributed by atoms with van der Waals surface area (Å²) in [6.45, 7) is 0.623. The van der Waals surface area contributed by atoms with Crippen LogP contribution < -0.4 is 15.2 Å². The summed E-state index contributed by atoms with van der Waals surface area (Å²) in [5.41, 5.74) is 7.77. The van der Waals surface area contributed by atoms with E-state index in [1.54, 1.807) is 14.2 Å². The monoisotopic (exact) mass is 248 g/mol. The van der Waals surface area contributed by atoms with E-state index in [4.69, 9.17) is 19.9 Å². The van der Waals surface area contributed by atoms with Crippen LogP contribution in [0.3, 0.4) is 0 Å². The Morgan fingerprint density at radius 2 is 1.72 bits per heavy atom. The van der Waals surface area contributed by atoms with Crippen LogP contribution in [0.25, 0.3) is 0 Å². The van der Waals surface area contributed by atoms with E-state index in [2.05, 4.69) is 4.99 Å². The topological polar surface area (TPSA) is 66.1 Å². The second-order valence-corrected chi connectivity index (χ2v) is 4.77. The number of benzene rings is 1. The highest BCUT2D eigenvalue weighted by Gasteiger charge is 2.43. The molecule has 18 heavy (non-hydrogen) atoms. The molecule has 2 N–H and O–H groups in total. The van der Waals surface area contributed by atoms with Gasteiger partial charge in [0.25, 0.3) is 6.02 Å². The number of fused-ring (bicyclic) bond motifs is 1. The van der Waals surface area contributed by atoms with Crippen molar-refractivity contribution in [3.63, 3.8) is 0 Å². The molecule has 1 spiro atoms. The van der Waals surface area contributed by atoms with Gasteiger partial charge in [0.2, 0.25) is 0 Å². The molecule has 5 nitrogen and oxygen atoms in total. The summed E-state index contributed by atoms with van der Waals surface area (Å²) < 4.78 is 16.3. The van der Waals surface area contributed by atoms with Gasteiger partial charge in [-0.05, 0) is 23.3 Å². The number of hydrogen-bond donors (Lipinski definition) is 1. The van der Waals surface area contributed by atoms with Crippen LogP contribution in [0.15, 0.2) is 17.1 Å². The van der Waals surface area contributed by atoms with Crippen molar-refractivity contribution in [1.82, 2.24) is 0 Å². The third-order valence-electron chi connectivity index (χ3n) is 3.58. The van der Waals surface area contributed by atoms with Gasteiger partial charge in [0, 0.05) is 12.8 Å². The van der Waals surface area contributed by atoms with E-state index in [1.165, 1.54) is 11.1 Å². The van der Waals surface area contributed by atoms with E-state index in [-0.39, 0.29) is 5.60 Å². The fraction of sp³-hybridized carbons (Fsp3) is 0.462. The molecule has 2 aliphatic rings. The van der Waals surface area contributed by atoms with E-state index in [9.17, 15) is 0 Å². The second-order valence-electron chi connectivity index (χ2n) is 4.77. The molecule has 5 heteroatoms. The first-order valence-corrected chi connectivity index (χ1v) is 5.88. The molecule has 0 unspecified atom stereocenters. The maximum Gasteiger partial charge on any atom is 0.282 e. The van der Waals surface area contributed by atoms with E-state index >= 15 is 0 Å². The Balaban J connectivity index is 1.94. The Morgan fingerprint density at radius 1 is 1.17 bits per heavy atom. The van der Waals surface area contributed by atoms with Gasteiger partial charge in [0.15, 0.2) is 11.5 Å². The van der Waals surface area contributed by atoms with Gasteiger partial charge in [0.1, 0.15) is 5.60 Å². The van der Waals surface area contributed by atoms with Crippen LogP contribution >= 0.6 is 0 Å². The minimum Gasteiger partial charge on any atom is -0.493 e. The Bertz CT molecular complexity index is 492. The molecular formula is C13H16N2O3. The third kappa shape index (κ3) is 1.58. The zero-order valence-corrected chi connectivity index (χ0v) is 10.5. The number of methoxy groups -OCH3 is 2. The van der Waals surface area contributed by atoms with Gasteiger partial charge < -0.3 is 19.9 Å². The van der Waals surface area contributed by atoms with Crippen molar-refractivity contribution in [1.29, 1.82) is 0 Å². The highest BCUT2D eigenvalue weighted by molar-refractivity contribution is 5.74. The molecule has 1 aromatic carbocycles. The Morgan fingerprint density at radius 3 is 2.11 bits per heavy atom. The van der Waals surface area contributed by atoms with Crippen molar-refractivity contribution >= 4 is 6.02 Å². The first-order valence-electron chi connectivity index (χ1n) is 5.88. The maximum absolute atomic E-state index is 5.69. The molecule has 96 valence electrons. The number of hydrogen-bond acceptors (Lipinski definition) is 5. The molecule has 1 heterocycles. The number of nitrogens with zero attached hydrogens (tertiary/aromatic N) is 1. The number of rotatable bonds is 2. The molecule has 0 atom stereocenters. The lowest BCUT2D eigenvalue weighted by atomic mass is 10.0. The van der Waals surface area contributed by atoms with Gasteiger partial charge in [-0.2, -0.15) is 0 Å². The van der Waals surface area contributed by atoms with Gasteiger partial charge in [-0.3, -0.25) is 0 Å². The summed E-state index contributed by atoms with van der Waals surface area (Å²) in [7, 11) is 3.28. The summed E-state index contributed by atoms with van der Waals surface area (Å²) >= 11 is 0. The predicted molar refractivity (Wildman–Crippen MR) is 67.3 cm³/mol. The first-order chi connectivity index (χ1) is 8.65. The fourth-order valence-electron chi connectivity index (χ4n) is 2.74. The van der Waals surface area contributed by atoms with Gasteiger partial charge in [-0.25, -0.2) is 4.99 Å². The summed E-state index contributed by atoms with van der Waals surface area (Å²) in [6.07, 6.45) is 1.62. The molecule has 0 aromatic heterocycles. The number of ether oxygens (including phenoxy) is 3.